The van der Waals surface area contributed by atoms with Gasteiger partial charge < -0.3 is 4.90 Å². The highest BCUT2D eigenvalue weighted by Crippen LogP contribution is 2.40. The summed E-state index contributed by atoms with van der Waals surface area (Å²) in [4.78, 5) is 24.2. The summed E-state index contributed by atoms with van der Waals surface area (Å²) in [5.41, 5.74) is 1.55. The Kier molecular flexibility index (Phi) is 5.60. The Morgan fingerprint density at radius 2 is 2.04 bits per heavy atom. The Labute approximate surface area is 166 Å². The van der Waals surface area contributed by atoms with Crippen molar-refractivity contribution in [1.82, 2.24) is 14.8 Å². The summed E-state index contributed by atoms with van der Waals surface area (Å²) in [5.74, 6) is 0.334. The lowest BCUT2D eigenvalue weighted by Gasteiger charge is -2.47. The second-order valence-electron chi connectivity index (χ2n) is 8.22. The van der Waals surface area contributed by atoms with Gasteiger partial charge in [-0.1, -0.05) is 6.07 Å². The van der Waals surface area contributed by atoms with Crippen LogP contribution in [-0.2, 0) is 17.8 Å². The van der Waals surface area contributed by atoms with Crippen molar-refractivity contribution >= 4 is 17.2 Å². The number of hydrogen-bond donors (Lipinski definition) is 0. The van der Waals surface area contributed by atoms with Gasteiger partial charge in [0.25, 0.3) is 0 Å². The zero-order valence-electron chi connectivity index (χ0n) is 16.2. The first-order valence-corrected chi connectivity index (χ1v) is 10.9. The number of piperidine rings is 2. The van der Waals surface area contributed by atoms with Gasteiger partial charge in [0.15, 0.2) is 0 Å². The monoisotopic (exact) mass is 383 g/mol. The zero-order valence-corrected chi connectivity index (χ0v) is 17.0. The summed E-state index contributed by atoms with van der Waals surface area (Å²) in [6, 6.07) is 8.56. The second kappa shape index (κ2) is 8.11. The molecule has 2 aromatic rings. The van der Waals surface area contributed by atoms with Crippen LogP contribution in [0.3, 0.4) is 0 Å². The summed E-state index contributed by atoms with van der Waals surface area (Å²) < 4.78 is 0. The molecule has 144 valence electrons. The highest BCUT2D eigenvalue weighted by atomic mass is 32.1. The van der Waals surface area contributed by atoms with E-state index in [1.807, 2.05) is 23.6 Å². The van der Waals surface area contributed by atoms with Crippen LogP contribution in [0.2, 0.25) is 0 Å². The van der Waals surface area contributed by atoms with Crippen LogP contribution in [0.1, 0.15) is 41.0 Å². The molecule has 0 unspecified atom stereocenters. The van der Waals surface area contributed by atoms with Crippen LogP contribution in [0.5, 0.6) is 0 Å². The fraction of sp³-hybridized carbons (Fsp3) is 0.545. The molecule has 2 aliphatic rings. The summed E-state index contributed by atoms with van der Waals surface area (Å²) in [5, 5.41) is 0. The molecule has 2 aliphatic heterocycles. The minimum atomic E-state index is 0.334. The highest BCUT2D eigenvalue weighted by Gasteiger charge is 2.40. The molecule has 1 amide bonds. The largest absolute Gasteiger partial charge is 0.342 e. The average molecular weight is 384 g/mol. The molecule has 2 saturated heterocycles. The first-order chi connectivity index (χ1) is 13.1. The molecule has 1 spiro atoms. The van der Waals surface area contributed by atoms with Gasteiger partial charge in [-0.2, -0.15) is 0 Å². The number of aromatic nitrogens is 1. The average Bonchev–Trinajstić information content (AvgIpc) is 3.10. The molecule has 2 fully saturated rings. The van der Waals surface area contributed by atoms with E-state index in [0.717, 1.165) is 52.0 Å². The van der Waals surface area contributed by atoms with Crippen LogP contribution >= 0.6 is 11.3 Å². The number of aryl methyl sites for hydroxylation is 1. The van der Waals surface area contributed by atoms with Gasteiger partial charge in [0.05, 0.1) is 0 Å². The van der Waals surface area contributed by atoms with E-state index in [-0.39, 0.29) is 0 Å². The molecule has 0 bridgehead atoms. The number of hydrogen-bond acceptors (Lipinski definition) is 4. The molecule has 0 radical (unpaired) electrons. The smallest absolute Gasteiger partial charge is 0.222 e. The lowest BCUT2D eigenvalue weighted by molar-refractivity contribution is -0.139. The van der Waals surface area contributed by atoms with Gasteiger partial charge >= 0.3 is 0 Å². The molecular formula is C22H29N3OS. The van der Waals surface area contributed by atoms with Crippen molar-refractivity contribution in [2.24, 2.45) is 5.41 Å². The molecular weight excluding hydrogens is 354 g/mol. The van der Waals surface area contributed by atoms with E-state index in [1.54, 1.807) is 6.20 Å². The zero-order chi connectivity index (χ0) is 18.7. The number of amides is 1. The molecule has 4 heterocycles. The van der Waals surface area contributed by atoms with Crippen molar-refractivity contribution in [3.8, 4) is 0 Å². The molecule has 0 atom stereocenters. The van der Waals surface area contributed by atoms with Crippen molar-refractivity contribution in [1.29, 1.82) is 0 Å². The van der Waals surface area contributed by atoms with Crippen LogP contribution in [0.15, 0.2) is 36.7 Å². The van der Waals surface area contributed by atoms with Crippen LogP contribution in [0.4, 0.5) is 0 Å². The Bertz CT molecular complexity index is 765. The fourth-order valence-corrected chi connectivity index (χ4v) is 5.43. The maximum Gasteiger partial charge on any atom is 0.222 e. The van der Waals surface area contributed by atoms with Gasteiger partial charge in [-0.25, -0.2) is 0 Å². The van der Waals surface area contributed by atoms with Crippen LogP contribution < -0.4 is 0 Å². The number of pyridine rings is 1. The van der Waals surface area contributed by atoms with Gasteiger partial charge in [0.2, 0.25) is 5.91 Å². The summed E-state index contributed by atoms with van der Waals surface area (Å²) in [6.07, 6.45) is 8.84. The van der Waals surface area contributed by atoms with E-state index in [4.69, 9.17) is 0 Å². The predicted octanol–water partition coefficient (Wildman–Crippen LogP) is 3.90. The predicted molar refractivity (Wildman–Crippen MR) is 110 cm³/mol. The summed E-state index contributed by atoms with van der Waals surface area (Å²) >= 11 is 1.91. The number of thiophene rings is 1. The molecule has 0 N–H and O–H groups in total. The third-order valence-corrected chi connectivity index (χ3v) is 7.22. The van der Waals surface area contributed by atoms with Gasteiger partial charge in [-0.05, 0) is 74.9 Å². The Hall–Kier alpha value is -1.72. The number of rotatable bonds is 5. The Balaban J connectivity index is 1.31. The minimum Gasteiger partial charge on any atom is -0.342 e. The van der Waals surface area contributed by atoms with Crippen molar-refractivity contribution in [2.75, 3.05) is 26.2 Å². The molecule has 2 aromatic heterocycles. The van der Waals surface area contributed by atoms with Gasteiger partial charge in [-0.3, -0.25) is 14.7 Å². The first kappa shape index (κ1) is 18.6. The topological polar surface area (TPSA) is 36.4 Å². The van der Waals surface area contributed by atoms with Crippen LogP contribution in [-0.4, -0.2) is 46.9 Å². The van der Waals surface area contributed by atoms with Crippen molar-refractivity contribution < 1.29 is 4.79 Å². The Morgan fingerprint density at radius 1 is 1.19 bits per heavy atom. The second-order valence-corrected chi connectivity index (χ2v) is 9.59. The standard InChI is InChI=1S/C22H29N3OS/c1-18-4-5-20(27-18)16-24-13-9-22(10-14-24)8-6-21(26)25(17-22)12-7-19-3-2-11-23-15-19/h2-5,11,15H,6-10,12-14,16-17H2,1H3. The fourth-order valence-electron chi connectivity index (χ4n) is 4.50. The third-order valence-electron chi connectivity index (χ3n) is 6.23. The van der Waals surface area contributed by atoms with Gasteiger partial charge in [0, 0.05) is 48.2 Å². The third kappa shape index (κ3) is 4.58. The normalized spacial score (nSPS) is 20.3. The molecule has 0 aromatic carbocycles. The molecule has 0 saturated carbocycles. The lowest BCUT2D eigenvalue weighted by Crippen LogP contribution is -2.51. The number of nitrogens with zero attached hydrogens (tertiary/aromatic N) is 3. The highest BCUT2D eigenvalue weighted by molar-refractivity contribution is 7.11. The van der Waals surface area contributed by atoms with E-state index in [0.29, 0.717) is 11.3 Å². The summed E-state index contributed by atoms with van der Waals surface area (Å²) in [7, 11) is 0. The SMILES string of the molecule is Cc1ccc(CN2CCC3(CCC(=O)N(CCc4cccnc4)C3)CC2)s1. The summed E-state index contributed by atoms with van der Waals surface area (Å²) in [6.45, 7) is 7.34. The van der Waals surface area contributed by atoms with Crippen molar-refractivity contribution in [2.45, 2.75) is 45.6 Å². The van der Waals surface area contributed by atoms with E-state index in [9.17, 15) is 4.79 Å². The van der Waals surface area contributed by atoms with Gasteiger partial charge in [-0.15, -0.1) is 11.3 Å². The lowest BCUT2D eigenvalue weighted by atomic mass is 9.72. The van der Waals surface area contributed by atoms with E-state index >= 15 is 0 Å². The van der Waals surface area contributed by atoms with E-state index in [1.165, 1.54) is 28.2 Å². The van der Waals surface area contributed by atoms with E-state index in [2.05, 4.69) is 39.9 Å². The molecule has 4 rings (SSSR count). The molecule has 5 heteroatoms. The molecule has 4 nitrogen and oxygen atoms in total. The van der Waals surface area contributed by atoms with Crippen LogP contribution in [0.25, 0.3) is 0 Å². The van der Waals surface area contributed by atoms with E-state index < -0.39 is 0 Å². The Morgan fingerprint density at radius 3 is 2.74 bits per heavy atom. The number of carbonyl (C=O) groups excluding carboxylic acids is 1. The number of carbonyl (C=O) groups is 1. The van der Waals surface area contributed by atoms with Crippen molar-refractivity contribution in [3.05, 3.63) is 52.0 Å². The maximum absolute atomic E-state index is 12.5. The molecule has 0 aliphatic carbocycles. The first-order valence-electron chi connectivity index (χ1n) is 10.1. The van der Waals surface area contributed by atoms with Crippen molar-refractivity contribution in [3.63, 3.8) is 0 Å². The molecule has 27 heavy (non-hydrogen) atoms. The number of likely N-dealkylation sites (tertiary alicyclic amines) is 2. The van der Waals surface area contributed by atoms with Crippen LogP contribution in [0, 0.1) is 12.3 Å². The van der Waals surface area contributed by atoms with Gasteiger partial charge in [0.1, 0.15) is 0 Å². The minimum absolute atomic E-state index is 0.334. The maximum atomic E-state index is 12.5. The quantitative estimate of drug-likeness (QED) is 0.786.